The van der Waals surface area contributed by atoms with Gasteiger partial charge in [-0.1, -0.05) is 30.0 Å². The van der Waals surface area contributed by atoms with Crippen LogP contribution in [0.4, 0.5) is 10.1 Å². The fourth-order valence-electron chi connectivity index (χ4n) is 3.54. The molecule has 2 N–H and O–H groups in total. The third-order valence-corrected chi connectivity index (χ3v) is 6.18. The lowest BCUT2D eigenvalue weighted by Gasteiger charge is -2.09. The molecule has 0 spiro atoms. The Hall–Kier alpha value is -3.72. The van der Waals surface area contributed by atoms with Crippen molar-refractivity contribution >= 4 is 40.6 Å². The fraction of sp³-hybridized carbons (Fsp3) is 0.167. The third kappa shape index (κ3) is 5.38. The van der Waals surface area contributed by atoms with Gasteiger partial charge in [0.1, 0.15) is 11.1 Å². The predicted octanol–water partition coefficient (Wildman–Crippen LogP) is 4.18. The molecule has 1 unspecified atom stereocenters. The highest BCUT2D eigenvalue weighted by molar-refractivity contribution is 8.15. The van der Waals surface area contributed by atoms with E-state index in [-0.39, 0.29) is 24.1 Å². The molecule has 0 bridgehead atoms. The second-order valence-electron chi connectivity index (χ2n) is 7.50. The number of carbonyl (C=O) groups is 2. The van der Waals surface area contributed by atoms with Crippen molar-refractivity contribution < 1.29 is 14.0 Å². The Morgan fingerprint density at radius 2 is 1.91 bits per heavy atom. The Bertz CT molecular complexity index is 1240. The zero-order valence-electron chi connectivity index (χ0n) is 18.1. The number of aryl methyl sites for hydroxylation is 1. The maximum Gasteiger partial charge on any atom is 0.240 e. The molecule has 168 valence electrons. The molecule has 1 aromatic heterocycles. The Kier molecular flexibility index (Phi) is 6.69. The van der Waals surface area contributed by atoms with Crippen LogP contribution in [0.3, 0.4) is 0 Å². The van der Waals surface area contributed by atoms with E-state index in [1.807, 2.05) is 42.7 Å². The average Bonchev–Trinajstić information content (AvgIpc) is 3.27. The van der Waals surface area contributed by atoms with Gasteiger partial charge in [-0.15, -0.1) is 5.10 Å². The smallest absolute Gasteiger partial charge is 0.240 e. The average molecular weight is 464 g/mol. The Morgan fingerprint density at radius 1 is 1.18 bits per heavy atom. The molecule has 1 aliphatic heterocycles. The van der Waals surface area contributed by atoms with Crippen molar-refractivity contribution in [1.82, 2.24) is 9.88 Å². The number of aromatic nitrogens is 1. The van der Waals surface area contributed by atoms with Gasteiger partial charge in [-0.25, -0.2) is 4.39 Å². The number of thioether (sulfide) groups is 1. The molecule has 0 aliphatic carbocycles. The van der Waals surface area contributed by atoms with Crippen LogP contribution < -0.4 is 10.6 Å². The summed E-state index contributed by atoms with van der Waals surface area (Å²) >= 11 is 1.18. The quantitative estimate of drug-likeness (QED) is 0.425. The third-order valence-electron chi connectivity index (χ3n) is 5.11. The Morgan fingerprint density at radius 3 is 2.64 bits per heavy atom. The highest BCUT2D eigenvalue weighted by atomic mass is 32.2. The van der Waals surface area contributed by atoms with Gasteiger partial charge in [0.2, 0.25) is 11.8 Å². The highest BCUT2D eigenvalue weighted by Crippen LogP contribution is 2.24. The van der Waals surface area contributed by atoms with Crippen LogP contribution in [0.25, 0.3) is 5.69 Å². The first kappa shape index (κ1) is 22.5. The maximum atomic E-state index is 13.2. The van der Waals surface area contributed by atoms with Crippen LogP contribution in [0.2, 0.25) is 0 Å². The van der Waals surface area contributed by atoms with Crippen molar-refractivity contribution in [2.45, 2.75) is 25.5 Å². The van der Waals surface area contributed by atoms with E-state index < -0.39 is 5.25 Å². The molecular weight excluding hydrogens is 441 g/mol. The number of hydrogen-bond donors (Lipinski definition) is 2. The molecule has 1 aliphatic rings. The molecule has 1 fully saturated rings. The van der Waals surface area contributed by atoms with Gasteiger partial charge in [0.25, 0.3) is 0 Å². The first-order valence-corrected chi connectivity index (χ1v) is 11.2. The molecule has 4 rings (SSSR count). The van der Waals surface area contributed by atoms with E-state index in [1.54, 1.807) is 30.5 Å². The van der Waals surface area contributed by atoms with Crippen LogP contribution in [-0.2, 0) is 9.59 Å². The number of nitrogens with zero attached hydrogens (tertiary/aromatic N) is 3. The molecule has 2 aromatic carbocycles. The number of amidine groups is 1. The van der Waals surface area contributed by atoms with E-state index in [2.05, 4.69) is 20.8 Å². The van der Waals surface area contributed by atoms with E-state index in [9.17, 15) is 14.0 Å². The van der Waals surface area contributed by atoms with Crippen LogP contribution in [0.15, 0.2) is 70.9 Å². The van der Waals surface area contributed by atoms with E-state index in [0.29, 0.717) is 10.9 Å². The van der Waals surface area contributed by atoms with E-state index in [1.165, 1.54) is 23.9 Å². The largest absolute Gasteiger partial charge is 0.326 e. The summed E-state index contributed by atoms with van der Waals surface area (Å²) in [5.41, 5.74) is 4.30. The summed E-state index contributed by atoms with van der Waals surface area (Å²) in [6.07, 6.45) is 1.64. The molecule has 0 radical (unpaired) electrons. The van der Waals surface area contributed by atoms with Crippen molar-refractivity contribution in [3.8, 4) is 5.69 Å². The number of para-hydroxylation sites is 1. The number of rotatable bonds is 6. The summed E-state index contributed by atoms with van der Waals surface area (Å²) in [6.45, 7) is 3.90. The van der Waals surface area contributed by atoms with Gasteiger partial charge in [-0.2, -0.15) is 5.10 Å². The minimum atomic E-state index is -0.564. The zero-order valence-corrected chi connectivity index (χ0v) is 18.9. The van der Waals surface area contributed by atoms with Gasteiger partial charge >= 0.3 is 0 Å². The lowest BCUT2D eigenvalue weighted by atomic mass is 10.2. The van der Waals surface area contributed by atoms with E-state index >= 15 is 0 Å². The summed E-state index contributed by atoms with van der Waals surface area (Å²) in [5, 5.41) is 13.4. The standard InChI is InChI=1S/C24H22FN5O2S/c1-15-12-17(16(2)30(15)20-10-8-18(25)9-11-20)14-26-29-24-28-23(32)21(33-24)13-22(31)27-19-6-4-3-5-7-19/h3-12,14,21H,13H2,1-2H3,(H,27,31)(H,28,29,32)/b26-14+. The molecule has 9 heteroatoms. The Balaban J connectivity index is 1.40. The van der Waals surface area contributed by atoms with Crippen LogP contribution in [0.1, 0.15) is 23.4 Å². The molecule has 1 atom stereocenters. The summed E-state index contributed by atoms with van der Waals surface area (Å²) in [4.78, 5) is 24.4. The monoisotopic (exact) mass is 463 g/mol. The van der Waals surface area contributed by atoms with Crippen molar-refractivity contribution in [3.63, 3.8) is 0 Å². The lowest BCUT2D eigenvalue weighted by molar-refractivity contribution is -0.122. The number of amides is 2. The molecule has 1 saturated heterocycles. The van der Waals surface area contributed by atoms with Crippen molar-refractivity contribution in [3.05, 3.63) is 83.4 Å². The highest BCUT2D eigenvalue weighted by Gasteiger charge is 2.32. The van der Waals surface area contributed by atoms with Crippen LogP contribution in [0, 0.1) is 19.7 Å². The molecule has 3 aromatic rings. The fourth-order valence-corrected chi connectivity index (χ4v) is 4.46. The topological polar surface area (TPSA) is 87.8 Å². The van der Waals surface area contributed by atoms with E-state index in [4.69, 9.17) is 0 Å². The van der Waals surface area contributed by atoms with Gasteiger partial charge < -0.3 is 15.2 Å². The van der Waals surface area contributed by atoms with Gasteiger partial charge in [0.15, 0.2) is 5.17 Å². The lowest BCUT2D eigenvalue weighted by Crippen LogP contribution is -2.28. The normalized spacial score (nSPS) is 17.0. The summed E-state index contributed by atoms with van der Waals surface area (Å²) in [6, 6.07) is 17.3. The summed E-state index contributed by atoms with van der Waals surface area (Å²) < 4.78 is 15.2. The number of halogens is 1. The summed E-state index contributed by atoms with van der Waals surface area (Å²) in [7, 11) is 0. The van der Waals surface area contributed by atoms with Crippen LogP contribution in [-0.4, -0.2) is 33.0 Å². The molecule has 33 heavy (non-hydrogen) atoms. The molecule has 0 saturated carbocycles. The van der Waals surface area contributed by atoms with Crippen molar-refractivity contribution in [2.75, 3.05) is 5.32 Å². The molecule has 2 heterocycles. The first-order chi connectivity index (χ1) is 15.9. The second kappa shape index (κ2) is 9.83. The second-order valence-corrected chi connectivity index (χ2v) is 8.69. The molecule has 7 nitrogen and oxygen atoms in total. The van der Waals surface area contributed by atoms with E-state index in [0.717, 1.165) is 22.6 Å². The Labute approximate surface area is 194 Å². The summed E-state index contributed by atoms with van der Waals surface area (Å²) in [5.74, 6) is -0.802. The van der Waals surface area contributed by atoms with Crippen molar-refractivity contribution in [2.24, 2.45) is 10.2 Å². The van der Waals surface area contributed by atoms with Gasteiger partial charge in [-0.3, -0.25) is 9.59 Å². The minimum absolute atomic E-state index is 0.0347. The van der Waals surface area contributed by atoms with Gasteiger partial charge in [0.05, 0.1) is 6.21 Å². The SMILES string of the molecule is Cc1cc(/C=N/N=C2\NC(=O)C(CC(=O)Nc3ccccc3)S2)c(C)n1-c1ccc(F)cc1. The predicted molar refractivity (Wildman–Crippen MR) is 129 cm³/mol. The van der Waals surface area contributed by atoms with Crippen LogP contribution >= 0.6 is 11.8 Å². The number of anilines is 1. The van der Waals surface area contributed by atoms with Gasteiger partial charge in [-0.05, 0) is 56.3 Å². The number of benzene rings is 2. The van der Waals surface area contributed by atoms with Crippen molar-refractivity contribution in [1.29, 1.82) is 0 Å². The zero-order chi connectivity index (χ0) is 23.4. The number of carbonyl (C=O) groups excluding carboxylic acids is 2. The molecular formula is C24H22FN5O2S. The van der Waals surface area contributed by atoms with Gasteiger partial charge in [0, 0.05) is 34.7 Å². The van der Waals surface area contributed by atoms with Crippen LogP contribution in [0.5, 0.6) is 0 Å². The maximum absolute atomic E-state index is 13.2. The number of nitrogens with one attached hydrogen (secondary N) is 2. The molecule has 2 amide bonds. The number of hydrogen-bond acceptors (Lipinski definition) is 5. The minimum Gasteiger partial charge on any atom is -0.326 e. The first-order valence-electron chi connectivity index (χ1n) is 10.3.